The van der Waals surface area contributed by atoms with Crippen LogP contribution in [0, 0.1) is 13.8 Å². The molecular weight excluding hydrogens is 196 g/mol. The van der Waals surface area contributed by atoms with Gasteiger partial charge in [0.2, 0.25) is 0 Å². The monoisotopic (exact) mass is 212 g/mol. The Morgan fingerprint density at radius 2 is 1.86 bits per heavy atom. The second-order valence-corrected chi connectivity index (χ2v) is 5.67. The summed E-state index contributed by atoms with van der Waals surface area (Å²) in [6, 6.07) is 5.54. The van der Waals surface area contributed by atoms with Gasteiger partial charge in [-0.25, -0.2) is 8.42 Å². The maximum Gasteiger partial charge on any atom is 0.178 e. The van der Waals surface area contributed by atoms with E-state index in [-0.39, 0.29) is 5.75 Å². The molecule has 0 saturated carbocycles. The maximum absolute atomic E-state index is 11.8. The van der Waals surface area contributed by atoms with Crippen LogP contribution in [0.2, 0.25) is 0 Å². The van der Waals surface area contributed by atoms with Gasteiger partial charge >= 0.3 is 0 Å². The minimum absolute atomic E-state index is 0.233. The van der Waals surface area contributed by atoms with E-state index in [1.807, 2.05) is 32.9 Å². The van der Waals surface area contributed by atoms with Crippen molar-refractivity contribution in [2.45, 2.75) is 32.1 Å². The minimum Gasteiger partial charge on any atom is -0.224 e. The molecule has 0 radical (unpaired) electrons. The van der Waals surface area contributed by atoms with E-state index < -0.39 is 9.84 Å². The van der Waals surface area contributed by atoms with Crippen molar-refractivity contribution < 1.29 is 8.42 Å². The Labute approximate surface area is 85.9 Å². The van der Waals surface area contributed by atoms with Gasteiger partial charge in [-0.05, 0) is 37.5 Å². The van der Waals surface area contributed by atoms with Gasteiger partial charge in [0.15, 0.2) is 9.84 Å². The smallest absolute Gasteiger partial charge is 0.178 e. The first-order chi connectivity index (χ1) is 6.47. The highest BCUT2D eigenvalue weighted by Gasteiger charge is 2.15. The Morgan fingerprint density at radius 3 is 2.43 bits per heavy atom. The molecule has 3 heteroatoms. The van der Waals surface area contributed by atoms with Gasteiger partial charge < -0.3 is 0 Å². The molecular formula is C11H16O2S. The first kappa shape index (κ1) is 11.2. The van der Waals surface area contributed by atoms with Crippen LogP contribution in [0.4, 0.5) is 0 Å². The van der Waals surface area contributed by atoms with E-state index in [9.17, 15) is 8.42 Å². The summed E-state index contributed by atoms with van der Waals surface area (Å²) < 4.78 is 23.6. The summed E-state index contributed by atoms with van der Waals surface area (Å²) in [5, 5.41) is 0. The lowest BCUT2D eigenvalue weighted by molar-refractivity contribution is 0.594. The molecule has 0 aliphatic rings. The third-order valence-corrected chi connectivity index (χ3v) is 4.21. The maximum atomic E-state index is 11.8. The molecule has 1 rings (SSSR count). The highest BCUT2D eigenvalue weighted by Crippen LogP contribution is 2.18. The number of rotatable bonds is 3. The molecule has 78 valence electrons. The number of hydrogen-bond acceptors (Lipinski definition) is 2. The van der Waals surface area contributed by atoms with E-state index in [0.29, 0.717) is 11.3 Å². The zero-order valence-electron chi connectivity index (χ0n) is 8.87. The zero-order chi connectivity index (χ0) is 10.8. The Balaban J connectivity index is 3.25. The highest BCUT2D eigenvalue weighted by atomic mass is 32.2. The Bertz CT molecular complexity index is 419. The van der Waals surface area contributed by atoms with Crippen LogP contribution in [0.15, 0.2) is 23.1 Å². The molecule has 2 nitrogen and oxygen atoms in total. The van der Waals surface area contributed by atoms with Crippen LogP contribution in [-0.2, 0) is 9.84 Å². The molecule has 0 amide bonds. The zero-order valence-corrected chi connectivity index (χ0v) is 9.69. The Kier molecular flexibility index (Phi) is 3.32. The number of hydrogen-bond donors (Lipinski definition) is 0. The van der Waals surface area contributed by atoms with E-state index in [2.05, 4.69) is 0 Å². The summed E-state index contributed by atoms with van der Waals surface area (Å²) in [5.41, 5.74) is 1.83. The molecule has 0 heterocycles. The van der Waals surface area contributed by atoms with Crippen molar-refractivity contribution >= 4 is 9.84 Å². The average molecular weight is 212 g/mol. The standard InChI is InChI=1S/C11H16O2S/c1-4-7-14(12,13)11-8-9(2)5-6-10(11)3/h5-6,8H,4,7H2,1-3H3. The topological polar surface area (TPSA) is 34.1 Å². The molecule has 0 atom stereocenters. The van der Waals surface area contributed by atoms with Crippen LogP contribution >= 0.6 is 0 Å². The molecule has 0 unspecified atom stereocenters. The van der Waals surface area contributed by atoms with Crippen molar-refractivity contribution in [2.24, 2.45) is 0 Å². The van der Waals surface area contributed by atoms with Gasteiger partial charge in [0.05, 0.1) is 10.6 Å². The van der Waals surface area contributed by atoms with E-state index >= 15 is 0 Å². The largest absolute Gasteiger partial charge is 0.224 e. The predicted molar refractivity (Wildman–Crippen MR) is 58.3 cm³/mol. The Hall–Kier alpha value is -0.830. The second kappa shape index (κ2) is 4.13. The molecule has 14 heavy (non-hydrogen) atoms. The van der Waals surface area contributed by atoms with E-state index in [0.717, 1.165) is 11.1 Å². The fraction of sp³-hybridized carbons (Fsp3) is 0.455. The van der Waals surface area contributed by atoms with Crippen LogP contribution in [-0.4, -0.2) is 14.2 Å². The van der Waals surface area contributed by atoms with E-state index in [1.54, 1.807) is 6.07 Å². The lowest BCUT2D eigenvalue weighted by atomic mass is 10.2. The van der Waals surface area contributed by atoms with Gasteiger partial charge in [-0.3, -0.25) is 0 Å². The summed E-state index contributed by atoms with van der Waals surface area (Å²) in [4.78, 5) is 0.486. The summed E-state index contributed by atoms with van der Waals surface area (Å²) in [5.74, 6) is 0.233. The summed E-state index contributed by atoms with van der Waals surface area (Å²) in [7, 11) is -3.06. The van der Waals surface area contributed by atoms with Crippen molar-refractivity contribution in [2.75, 3.05) is 5.75 Å². The van der Waals surface area contributed by atoms with Crippen LogP contribution < -0.4 is 0 Å². The normalized spacial score (nSPS) is 11.6. The lowest BCUT2D eigenvalue weighted by Gasteiger charge is -2.07. The van der Waals surface area contributed by atoms with Gasteiger partial charge in [0.25, 0.3) is 0 Å². The molecule has 0 spiro atoms. The van der Waals surface area contributed by atoms with E-state index in [1.165, 1.54) is 0 Å². The first-order valence-corrected chi connectivity index (χ1v) is 6.42. The fourth-order valence-corrected chi connectivity index (χ4v) is 3.10. The molecule has 0 N–H and O–H groups in total. The van der Waals surface area contributed by atoms with Gasteiger partial charge in [0, 0.05) is 0 Å². The van der Waals surface area contributed by atoms with Crippen molar-refractivity contribution in [1.29, 1.82) is 0 Å². The average Bonchev–Trinajstić information content (AvgIpc) is 2.09. The summed E-state index contributed by atoms with van der Waals surface area (Å²) >= 11 is 0. The van der Waals surface area contributed by atoms with Gasteiger partial charge in [0.1, 0.15) is 0 Å². The number of benzene rings is 1. The number of aryl methyl sites for hydroxylation is 2. The van der Waals surface area contributed by atoms with Crippen molar-refractivity contribution in [1.82, 2.24) is 0 Å². The van der Waals surface area contributed by atoms with Gasteiger partial charge in [-0.15, -0.1) is 0 Å². The third-order valence-electron chi connectivity index (χ3n) is 2.15. The molecule has 0 fully saturated rings. The molecule has 1 aromatic carbocycles. The Morgan fingerprint density at radius 1 is 1.21 bits per heavy atom. The quantitative estimate of drug-likeness (QED) is 0.771. The summed E-state index contributed by atoms with van der Waals surface area (Å²) in [6.45, 7) is 5.62. The van der Waals surface area contributed by atoms with Crippen LogP contribution in [0.3, 0.4) is 0 Å². The molecule has 0 aliphatic heterocycles. The lowest BCUT2D eigenvalue weighted by Crippen LogP contribution is -2.07. The number of sulfone groups is 1. The first-order valence-electron chi connectivity index (χ1n) is 4.77. The molecule has 0 bridgehead atoms. The predicted octanol–water partition coefficient (Wildman–Crippen LogP) is 2.49. The van der Waals surface area contributed by atoms with E-state index in [4.69, 9.17) is 0 Å². The van der Waals surface area contributed by atoms with Gasteiger partial charge in [-0.1, -0.05) is 19.1 Å². The minimum atomic E-state index is -3.06. The van der Waals surface area contributed by atoms with Crippen LogP contribution in [0.25, 0.3) is 0 Å². The third kappa shape index (κ3) is 2.35. The van der Waals surface area contributed by atoms with Crippen LogP contribution in [0.5, 0.6) is 0 Å². The summed E-state index contributed by atoms with van der Waals surface area (Å²) in [6.07, 6.45) is 0.662. The van der Waals surface area contributed by atoms with Crippen molar-refractivity contribution in [3.05, 3.63) is 29.3 Å². The second-order valence-electron chi connectivity index (χ2n) is 3.59. The highest BCUT2D eigenvalue weighted by molar-refractivity contribution is 7.91. The fourth-order valence-electron chi connectivity index (χ4n) is 1.42. The SMILES string of the molecule is CCCS(=O)(=O)c1cc(C)ccc1C. The van der Waals surface area contributed by atoms with Crippen molar-refractivity contribution in [3.8, 4) is 0 Å². The molecule has 0 aromatic heterocycles. The van der Waals surface area contributed by atoms with Gasteiger partial charge in [-0.2, -0.15) is 0 Å². The van der Waals surface area contributed by atoms with Crippen molar-refractivity contribution in [3.63, 3.8) is 0 Å². The molecule has 0 aliphatic carbocycles. The molecule has 1 aromatic rings. The molecule has 0 saturated heterocycles. The van der Waals surface area contributed by atoms with Crippen LogP contribution in [0.1, 0.15) is 24.5 Å².